The quantitative estimate of drug-likeness (QED) is 0.259. The van der Waals surface area contributed by atoms with Gasteiger partial charge in [-0.1, -0.05) is 151 Å². The number of hydrogen-bond donors (Lipinski definition) is 0. The standard InChI is InChI=1S/C38H40N2/c1-37(2,3)35(27-17-9-7-10-18-27)31-23-15-13-21-29(31)33-25-34(40-26-39-33)30-22-14-16-24-32(30)36(38(4,5)6)28-19-11-8-12-20-28/h7-26,29,36H,1-6H3/b35-31+. The minimum absolute atomic E-state index is 0.0252. The summed E-state index contributed by atoms with van der Waals surface area (Å²) < 4.78 is 0. The van der Waals surface area contributed by atoms with Crippen molar-refractivity contribution in [1.29, 1.82) is 0 Å². The molecule has 0 saturated carbocycles. The Morgan fingerprint density at radius 3 is 2.05 bits per heavy atom. The van der Waals surface area contributed by atoms with Crippen molar-refractivity contribution in [2.24, 2.45) is 10.8 Å². The molecule has 4 aromatic rings. The number of benzene rings is 3. The van der Waals surface area contributed by atoms with Crippen molar-refractivity contribution in [3.63, 3.8) is 0 Å². The zero-order valence-electron chi connectivity index (χ0n) is 24.6. The van der Waals surface area contributed by atoms with Gasteiger partial charge in [0.15, 0.2) is 0 Å². The van der Waals surface area contributed by atoms with Gasteiger partial charge in [0.1, 0.15) is 6.33 Å². The Labute approximate surface area is 240 Å². The number of nitrogens with zero attached hydrogens (tertiary/aromatic N) is 2. The molecule has 0 fully saturated rings. The van der Waals surface area contributed by atoms with Crippen LogP contribution >= 0.6 is 0 Å². The van der Waals surface area contributed by atoms with Gasteiger partial charge in [-0.2, -0.15) is 0 Å². The van der Waals surface area contributed by atoms with Gasteiger partial charge in [0.05, 0.1) is 11.4 Å². The van der Waals surface area contributed by atoms with Crippen LogP contribution in [0.3, 0.4) is 0 Å². The molecule has 202 valence electrons. The van der Waals surface area contributed by atoms with Crippen LogP contribution in [0.25, 0.3) is 16.8 Å². The van der Waals surface area contributed by atoms with E-state index in [2.05, 4.69) is 157 Å². The van der Waals surface area contributed by atoms with Crippen LogP contribution in [0.2, 0.25) is 0 Å². The van der Waals surface area contributed by atoms with Crippen molar-refractivity contribution in [3.8, 4) is 11.3 Å². The van der Waals surface area contributed by atoms with Gasteiger partial charge in [-0.3, -0.25) is 0 Å². The van der Waals surface area contributed by atoms with Gasteiger partial charge in [0, 0.05) is 17.4 Å². The summed E-state index contributed by atoms with van der Waals surface area (Å²) >= 11 is 0. The highest BCUT2D eigenvalue weighted by Crippen LogP contribution is 2.46. The normalized spacial score (nSPS) is 17.5. The summed E-state index contributed by atoms with van der Waals surface area (Å²) in [6.45, 7) is 13.8. The van der Waals surface area contributed by atoms with E-state index in [1.54, 1.807) is 6.33 Å². The Balaban J connectivity index is 1.65. The zero-order chi connectivity index (χ0) is 28.3. The number of allylic oxidation sites excluding steroid dienone is 6. The van der Waals surface area contributed by atoms with Gasteiger partial charge in [-0.05, 0) is 44.7 Å². The lowest BCUT2D eigenvalue weighted by Crippen LogP contribution is -2.20. The Bertz CT molecular complexity index is 1540. The van der Waals surface area contributed by atoms with E-state index in [1.807, 2.05) is 0 Å². The first-order chi connectivity index (χ1) is 19.1. The smallest absolute Gasteiger partial charge is 0.116 e. The molecule has 0 bridgehead atoms. The third-order valence-corrected chi connectivity index (χ3v) is 7.68. The minimum Gasteiger partial charge on any atom is -0.240 e. The third-order valence-electron chi connectivity index (χ3n) is 7.68. The average Bonchev–Trinajstić information content (AvgIpc) is 2.94. The van der Waals surface area contributed by atoms with Crippen LogP contribution in [0, 0.1) is 10.8 Å². The SMILES string of the molecule is CC(C)(C)/C(=C1\C=CC=CC1c1cc(-c2ccccc2C(c2ccccc2)C(C)(C)C)ncn1)c1ccccc1. The number of hydrogen-bond acceptors (Lipinski definition) is 2. The molecule has 2 unspecified atom stereocenters. The van der Waals surface area contributed by atoms with Gasteiger partial charge < -0.3 is 0 Å². The van der Waals surface area contributed by atoms with Crippen LogP contribution in [0.1, 0.15) is 75.8 Å². The van der Waals surface area contributed by atoms with Gasteiger partial charge in [-0.25, -0.2) is 9.97 Å². The summed E-state index contributed by atoms with van der Waals surface area (Å²) in [4.78, 5) is 9.68. The van der Waals surface area contributed by atoms with Crippen molar-refractivity contribution in [2.45, 2.75) is 53.4 Å². The number of aromatic nitrogens is 2. The van der Waals surface area contributed by atoms with Crippen molar-refractivity contribution >= 4 is 5.57 Å². The highest BCUT2D eigenvalue weighted by molar-refractivity contribution is 5.77. The van der Waals surface area contributed by atoms with Crippen molar-refractivity contribution in [2.75, 3.05) is 0 Å². The van der Waals surface area contributed by atoms with E-state index < -0.39 is 0 Å². The van der Waals surface area contributed by atoms with Crippen LogP contribution in [-0.2, 0) is 0 Å². The number of rotatable bonds is 5. The van der Waals surface area contributed by atoms with Gasteiger partial charge in [0.25, 0.3) is 0 Å². The maximum Gasteiger partial charge on any atom is 0.116 e. The fourth-order valence-electron chi connectivity index (χ4n) is 6.14. The molecule has 1 aromatic heterocycles. The fraction of sp³-hybridized carbons (Fsp3) is 0.263. The predicted octanol–water partition coefficient (Wildman–Crippen LogP) is 10.0. The van der Waals surface area contributed by atoms with E-state index in [1.165, 1.54) is 27.8 Å². The van der Waals surface area contributed by atoms with Crippen molar-refractivity contribution in [1.82, 2.24) is 9.97 Å². The van der Waals surface area contributed by atoms with Crippen LogP contribution in [0.5, 0.6) is 0 Å². The Hall–Kier alpha value is -4.04. The lowest BCUT2D eigenvalue weighted by Gasteiger charge is -2.33. The average molecular weight is 525 g/mol. The topological polar surface area (TPSA) is 25.8 Å². The second-order valence-electron chi connectivity index (χ2n) is 12.8. The molecule has 40 heavy (non-hydrogen) atoms. The maximum absolute atomic E-state index is 4.85. The van der Waals surface area contributed by atoms with E-state index in [4.69, 9.17) is 9.97 Å². The molecule has 1 aliphatic rings. The highest BCUT2D eigenvalue weighted by Gasteiger charge is 2.31. The first-order valence-electron chi connectivity index (χ1n) is 14.3. The molecule has 0 N–H and O–H groups in total. The van der Waals surface area contributed by atoms with Crippen molar-refractivity contribution < 1.29 is 0 Å². The molecule has 5 rings (SSSR count). The minimum atomic E-state index is -0.0392. The molecule has 0 radical (unpaired) electrons. The Kier molecular flexibility index (Phi) is 7.72. The third kappa shape index (κ3) is 5.77. The summed E-state index contributed by atoms with van der Waals surface area (Å²) in [6, 6.07) is 32.5. The largest absolute Gasteiger partial charge is 0.240 e. The van der Waals surface area contributed by atoms with E-state index in [9.17, 15) is 0 Å². The molecule has 2 atom stereocenters. The second kappa shape index (κ2) is 11.2. The van der Waals surface area contributed by atoms with Crippen LogP contribution < -0.4 is 0 Å². The molecular formula is C38H40N2. The second-order valence-corrected chi connectivity index (χ2v) is 12.8. The molecule has 2 heteroatoms. The molecule has 0 spiro atoms. The molecule has 0 aliphatic heterocycles. The Morgan fingerprint density at radius 1 is 0.725 bits per heavy atom. The van der Waals surface area contributed by atoms with Gasteiger partial charge >= 0.3 is 0 Å². The fourth-order valence-corrected chi connectivity index (χ4v) is 6.14. The van der Waals surface area contributed by atoms with Crippen LogP contribution in [0.15, 0.2) is 127 Å². The molecule has 1 aliphatic carbocycles. The summed E-state index contributed by atoms with van der Waals surface area (Å²) in [5, 5.41) is 0. The molecule has 0 saturated heterocycles. The zero-order valence-corrected chi connectivity index (χ0v) is 24.6. The lowest BCUT2D eigenvalue weighted by atomic mass is 9.71. The molecule has 2 nitrogen and oxygen atoms in total. The van der Waals surface area contributed by atoms with E-state index >= 15 is 0 Å². The molecule has 1 heterocycles. The first kappa shape index (κ1) is 27.5. The molecular weight excluding hydrogens is 484 g/mol. The molecule has 3 aromatic carbocycles. The van der Waals surface area contributed by atoms with Gasteiger partial charge in [-0.15, -0.1) is 0 Å². The van der Waals surface area contributed by atoms with E-state index in [0.29, 0.717) is 0 Å². The van der Waals surface area contributed by atoms with Crippen LogP contribution in [0.4, 0.5) is 0 Å². The highest BCUT2D eigenvalue weighted by atomic mass is 14.8. The monoisotopic (exact) mass is 524 g/mol. The first-order valence-corrected chi connectivity index (χ1v) is 14.3. The summed E-state index contributed by atoms with van der Waals surface area (Å²) in [7, 11) is 0. The summed E-state index contributed by atoms with van der Waals surface area (Å²) in [6.07, 6.45) is 10.5. The summed E-state index contributed by atoms with van der Waals surface area (Å²) in [5.74, 6) is 0.266. The van der Waals surface area contributed by atoms with Crippen LogP contribution in [-0.4, -0.2) is 9.97 Å². The summed E-state index contributed by atoms with van der Waals surface area (Å²) in [5.41, 5.74) is 9.62. The lowest BCUT2D eigenvalue weighted by molar-refractivity contribution is 0.359. The van der Waals surface area contributed by atoms with Crippen molar-refractivity contribution in [3.05, 3.63) is 150 Å². The maximum atomic E-state index is 4.85. The van der Waals surface area contributed by atoms with E-state index in [-0.39, 0.29) is 22.7 Å². The van der Waals surface area contributed by atoms with E-state index in [0.717, 1.165) is 17.0 Å². The predicted molar refractivity (Wildman–Crippen MR) is 169 cm³/mol. The molecule has 0 amide bonds. The Morgan fingerprint density at radius 2 is 1.38 bits per heavy atom. The van der Waals surface area contributed by atoms with Gasteiger partial charge in [0.2, 0.25) is 0 Å².